The minimum absolute atomic E-state index is 0.00310. The fourth-order valence-corrected chi connectivity index (χ4v) is 4.13. The number of nitro groups is 1. The van der Waals surface area contributed by atoms with Gasteiger partial charge in [-0.05, 0) is 71.2 Å². The molecule has 2 aromatic rings. The molecule has 34 heavy (non-hydrogen) atoms. The van der Waals surface area contributed by atoms with Crippen molar-refractivity contribution in [2.75, 3.05) is 6.61 Å². The van der Waals surface area contributed by atoms with Crippen LogP contribution >= 0.6 is 0 Å². The van der Waals surface area contributed by atoms with Crippen molar-refractivity contribution in [3.05, 3.63) is 69.3 Å². The van der Waals surface area contributed by atoms with Crippen LogP contribution in [0.5, 0.6) is 5.75 Å². The fraction of sp³-hybridized carbons (Fsp3) is 0.400. The van der Waals surface area contributed by atoms with E-state index >= 15 is 0 Å². The maximum Gasteiger partial charge on any atom is 0.272 e. The van der Waals surface area contributed by atoms with Gasteiger partial charge in [0.05, 0.1) is 10.6 Å². The Labute approximate surface area is 198 Å². The smallest absolute Gasteiger partial charge is 0.272 e. The summed E-state index contributed by atoms with van der Waals surface area (Å²) in [5, 5.41) is 15.2. The molecule has 1 saturated heterocycles. The molecule has 2 amide bonds. The Bertz CT molecular complexity index is 1090. The molecule has 0 bridgehead atoms. The van der Waals surface area contributed by atoms with Gasteiger partial charge in [0.15, 0.2) is 6.61 Å². The first kappa shape index (κ1) is 24.9. The summed E-state index contributed by atoms with van der Waals surface area (Å²) in [6.07, 6.45) is 3.14. The number of nitro benzene ring substituents is 1. The second-order valence-corrected chi connectivity index (χ2v) is 8.64. The molecule has 9 nitrogen and oxygen atoms in total. The highest BCUT2D eigenvalue weighted by molar-refractivity contribution is 6.01. The zero-order chi connectivity index (χ0) is 24.8. The van der Waals surface area contributed by atoms with E-state index in [-0.39, 0.29) is 30.3 Å². The number of hydrazone groups is 1. The SMILES string of the molecule is C/C(=N/NC(=O)c1ccc(OCC(=O)N2[C@@H](C)CCC[C@@H]2C)cc1)c1ccc(C)c([N+](=O)[O-])c1. The molecule has 0 spiro atoms. The summed E-state index contributed by atoms with van der Waals surface area (Å²) in [6, 6.07) is 11.6. The number of likely N-dealkylation sites (tertiary alicyclic amines) is 1. The first-order chi connectivity index (χ1) is 16.2. The van der Waals surface area contributed by atoms with E-state index in [2.05, 4.69) is 24.4 Å². The number of hydrogen-bond donors (Lipinski definition) is 1. The van der Waals surface area contributed by atoms with Gasteiger partial charge >= 0.3 is 0 Å². The predicted molar refractivity (Wildman–Crippen MR) is 129 cm³/mol. The molecule has 1 N–H and O–H groups in total. The molecule has 0 saturated carbocycles. The molecule has 1 fully saturated rings. The highest BCUT2D eigenvalue weighted by atomic mass is 16.6. The van der Waals surface area contributed by atoms with Crippen LogP contribution in [0.3, 0.4) is 0 Å². The van der Waals surface area contributed by atoms with Crippen molar-refractivity contribution in [3.8, 4) is 5.75 Å². The minimum atomic E-state index is -0.449. The summed E-state index contributed by atoms with van der Waals surface area (Å²) >= 11 is 0. The zero-order valence-corrected chi connectivity index (χ0v) is 19.9. The minimum Gasteiger partial charge on any atom is -0.484 e. The molecule has 2 aromatic carbocycles. The van der Waals surface area contributed by atoms with Gasteiger partial charge in [-0.15, -0.1) is 0 Å². The lowest BCUT2D eigenvalue weighted by molar-refractivity contribution is -0.385. The van der Waals surface area contributed by atoms with Gasteiger partial charge in [0.25, 0.3) is 17.5 Å². The molecule has 0 unspecified atom stereocenters. The van der Waals surface area contributed by atoms with Gasteiger partial charge in [0, 0.05) is 34.8 Å². The number of carbonyl (C=O) groups excluding carboxylic acids is 2. The van der Waals surface area contributed by atoms with Crippen molar-refractivity contribution in [3.63, 3.8) is 0 Å². The van der Waals surface area contributed by atoms with Crippen LogP contribution in [0.1, 0.15) is 61.5 Å². The van der Waals surface area contributed by atoms with Gasteiger partial charge in [-0.3, -0.25) is 19.7 Å². The van der Waals surface area contributed by atoms with Gasteiger partial charge in [0.1, 0.15) is 5.75 Å². The number of ether oxygens (including phenoxy) is 1. The van der Waals surface area contributed by atoms with E-state index in [1.54, 1.807) is 50.2 Å². The van der Waals surface area contributed by atoms with E-state index in [0.29, 0.717) is 28.2 Å². The van der Waals surface area contributed by atoms with Crippen molar-refractivity contribution in [2.45, 2.75) is 59.0 Å². The third-order valence-electron chi connectivity index (χ3n) is 6.11. The average molecular weight is 467 g/mol. The normalized spacial score (nSPS) is 18.4. The third-order valence-corrected chi connectivity index (χ3v) is 6.11. The Kier molecular flexibility index (Phi) is 7.99. The van der Waals surface area contributed by atoms with E-state index in [1.807, 2.05) is 4.90 Å². The summed E-state index contributed by atoms with van der Waals surface area (Å²) in [6.45, 7) is 7.39. The number of piperidine rings is 1. The maximum absolute atomic E-state index is 12.6. The molecule has 0 aromatic heterocycles. The average Bonchev–Trinajstić information content (AvgIpc) is 2.81. The van der Waals surface area contributed by atoms with Crippen LogP contribution in [0, 0.1) is 17.0 Å². The van der Waals surface area contributed by atoms with Crippen LogP contribution in [-0.4, -0.2) is 46.0 Å². The number of nitrogens with zero attached hydrogens (tertiary/aromatic N) is 3. The topological polar surface area (TPSA) is 114 Å². The fourth-order valence-electron chi connectivity index (χ4n) is 4.13. The molecular weight excluding hydrogens is 436 g/mol. The van der Waals surface area contributed by atoms with Crippen LogP contribution in [0.4, 0.5) is 5.69 Å². The molecule has 1 aliphatic heterocycles. The number of rotatable bonds is 7. The third kappa shape index (κ3) is 5.98. The number of hydrogen-bond acceptors (Lipinski definition) is 6. The summed E-state index contributed by atoms with van der Waals surface area (Å²) in [4.78, 5) is 37.6. The lowest BCUT2D eigenvalue weighted by atomic mass is 9.97. The molecule has 0 aliphatic carbocycles. The second-order valence-electron chi connectivity index (χ2n) is 8.64. The Morgan fingerprint density at radius 3 is 2.35 bits per heavy atom. The number of benzene rings is 2. The first-order valence-corrected chi connectivity index (χ1v) is 11.3. The molecular formula is C25H30N4O5. The largest absolute Gasteiger partial charge is 0.484 e. The van der Waals surface area contributed by atoms with Crippen molar-refractivity contribution >= 4 is 23.2 Å². The summed E-state index contributed by atoms with van der Waals surface area (Å²) in [5.74, 6) is 0.0242. The number of amides is 2. The van der Waals surface area contributed by atoms with Gasteiger partial charge in [-0.1, -0.05) is 12.1 Å². The maximum atomic E-state index is 12.6. The highest BCUT2D eigenvalue weighted by Crippen LogP contribution is 2.23. The molecule has 3 rings (SSSR count). The van der Waals surface area contributed by atoms with E-state index in [4.69, 9.17) is 4.74 Å². The van der Waals surface area contributed by atoms with Gasteiger partial charge in [0.2, 0.25) is 0 Å². The molecule has 9 heteroatoms. The molecule has 1 aliphatic rings. The van der Waals surface area contributed by atoms with Gasteiger partial charge in [-0.25, -0.2) is 5.43 Å². The van der Waals surface area contributed by atoms with Crippen LogP contribution in [0.2, 0.25) is 0 Å². The Morgan fingerprint density at radius 1 is 1.12 bits per heavy atom. The number of nitrogens with one attached hydrogen (secondary N) is 1. The van der Waals surface area contributed by atoms with Gasteiger partial charge < -0.3 is 9.64 Å². The molecule has 1 heterocycles. The predicted octanol–water partition coefficient (Wildman–Crippen LogP) is 4.23. The Morgan fingerprint density at radius 2 is 1.74 bits per heavy atom. The summed E-state index contributed by atoms with van der Waals surface area (Å²) in [7, 11) is 0. The molecule has 0 radical (unpaired) electrons. The van der Waals surface area contributed by atoms with Gasteiger partial charge in [-0.2, -0.15) is 5.10 Å². The number of aryl methyl sites for hydroxylation is 1. The van der Waals surface area contributed by atoms with E-state index in [0.717, 1.165) is 19.3 Å². The summed E-state index contributed by atoms with van der Waals surface area (Å²) in [5.41, 5.74) is 4.36. The molecule has 180 valence electrons. The van der Waals surface area contributed by atoms with Crippen LogP contribution in [0.15, 0.2) is 47.6 Å². The first-order valence-electron chi connectivity index (χ1n) is 11.3. The van der Waals surface area contributed by atoms with Crippen LogP contribution in [0.25, 0.3) is 0 Å². The zero-order valence-electron chi connectivity index (χ0n) is 19.9. The summed E-state index contributed by atoms with van der Waals surface area (Å²) < 4.78 is 5.64. The van der Waals surface area contributed by atoms with E-state index < -0.39 is 10.8 Å². The number of carbonyl (C=O) groups is 2. The second kappa shape index (κ2) is 10.9. The standard InChI is InChI=1S/C25H30N4O5/c1-16-8-9-21(14-23(16)29(32)33)19(4)26-27-25(31)20-10-12-22(13-11-20)34-15-24(30)28-17(2)6-5-7-18(28)3/h8-14,17-18H,5-7,15H2,1-4H3,(H,27,31)/b26-19-/t17-,18-/m0/s1. The van der Waals surface area contributed by atoms with E-state index in [9.17, 15) is 19.7 Å². The van der Waals surface area contributed by atoms with Crippen LogP contribution in [-0.2, 0) is 4.79 Å². The van der Waals surface area contributed by atoms with E-state index in [1.165, 1.54) is 6.07 Å². The monoisotopic (exact) mass is 466 g/mol. The Hall–Kier alpha value is -3.75. The van der Waals surface area contributed by atoms with Crippen LogP contribution < -0.4 is 10.2 Å². The van der Waals surface area contributed by atoms with Crippen molar-refractivity contribution < 1.29 is 19.2 Å². The quantitative estimate of drug-likeness (QED) is 0.373. The van der Waals surface area contributed by atoms with Crippen molar-refractivity contribution in [1.29, 1.82) is 0 Å². The lowest BCUT2D eigenvalue weighted by Gasteiger charge is -2.38. The molecule has 2 atom stereocenters. The van der Waals surface area contributed by atoms with Crippen molar-refractivity contribution in [1.82, 2.24) is 10.3 Å². The Balaban J connectivity index is 1.57. The van der Waals surface area contributed by atoms with Crippen molar-refractivity contribution in [2.24, 2.45) is 5.10 Å². The lowest BCUT2D eigenvalue weighted by Crippen LogP contribution is -2.49. The highest BCUT2D eigenvalue weighted by Gasteiger charge is 2.29.